The lowest BCUT2D eigenvalue weighted by Crippen LogP contribution is -2.19. The number of aromatic nitrogens is 2. The molecular formula is C14H12Cl2N2O3S. The van der Waals surface area contributed by atoms with Crippen LogP contribution in [-0.4, -0.2) is 23.0 Å². The summed E-state index contributed by atoms with van der Waals surface area (Å²) < 4.78 is 4.73. The van der Waals surface area contributed by atoms with Gasteiger partial charge in [-0.1, -0.05) is 29.3 Å². The molecule has 1 aromatic carbocycles. The average Bonchev–Trinajstić information content (AvgIpc) is 2.45. The normalized spacial score (nSPS) is 10.5. The van der Waals surface area contributed by atoms with Crippen molar-refractivity contribution in [2.45, 2.75) is 17.7 Å². The van der Waals surface area contributed by atoms with E-state index in [-0.39, 0.29) is 10.6 Å². The van der Waals surface area contributed by atoms with Crippen molar-refractivity contribution in [1.82, 2.24) is 9.97 Å². The van der Waals surface area contributed by atoms with Gasteiger partial charge in [0.25, 0.3) is 0 Å². The van der Waals surface area contributed by atoms with E-state index in [4.69, 9.17) is 27.9 Å². The van der Waals surface area contributed by atoms with Crippen LogP contribution in [-0.2, 0) is 10.5 Å². The lowest BCUT2D eigenvalue weighted by Gasteiger charge is -2.10. The lowest BCUT2D eigenvalue weighted by molar-refractivity contribution is 0.0594. The Labute approximate surface area is 141 Å². The van der Waals surface area contributed by atoms with Gasteiger partial charge in [-0.3, -0.25) is 0 Å². The maximum Gasteiger partial charge on any atom is 0.346 e. The number of thioether (sulfide) groups is 1. The molecule has 0 aliphatic heterocycles. The number of hydrogen-bond donors (Lipinski definition) is 1. The highest BCUT2D eigenvalue weighted by Gasteiger charge is 2.19. The third kappa shape index (κ3) is 3.63. The van der Waals surface area contributed by atoms with Gasteiger partial charge in [-0.05, 0) is 24.6 Å². The maximum absolute atomic E-state index is 11.9. The Morgan fingerprint density at radius 3 is 2.59 bits per heavy atom. The SMILES string of the molecule is COC(=O)c1c(SCc2c(Cl)cccc2Cl)nc(=O)[nH]c1C. The summed E-state index contributed by atoms with van der Waals surface area (Å²) in [5, 5.41) is 1.31. The summed E-state index contributed by atoms with van der Waals surface area (Å²) in [5.41, 5.74) is 0.819. The van der Waals surface area contributed by atoms with Crippen molar-refractivity contribution < 1.29 is 9.53 Å². The number of ether oxygens (including phenoxy) is 1. The first-order valence-electron chi connectivity index (χ1n) is 6.19. The van der Waals surface area contributed by atoms with E-state index >= 15 is 0 Å². The molecule has 2 aromatic rings. The minimum Gasteiger partial charge on any atom is -0.465 e. The molecule has 2 rings (SSSR count). The molecule has 0 bridgehead atoms. The molecule has 5 nitrogen and oxygen atoms in total. The summed E-state index contributed by atoms with van der Waals surface area (Å²) in [6.45, 7) is 1.61. The van der Waals surface area contributed by atoms with Crippen molar-refractivity contribution in [3.8, 4) is 0 Å². The van der Waals surface area contributed by atoms with Crippen LogP contribution in [0.15, 0.2) is 28.0 Å². The zero-order valence-corrected chi connectivity index (χ0v) is 14.1. The molecule has 0 spiro atoms. The molecule has 0 aliphatic carbocycles. The van der Waals surface area contributed by atoms with Crippen molar-refractivity contribution >= 4 is 40.9 Å². The Morgan fingerprint density at radius 1 is 1.36 bits per heavy atom. The topological polar surface area (TPSA) is 72.0 Å². The number of methoxy groups -OCH3 is 1. The molecule has 116 valence electrons. The minimum absolute atomic E-state index is 0.232. The third-order valence-electron chi connectivity index (χ3n) is 2.89. The van der Waals surface area contributed by atoms with Crippen molar-refractivity contribution in [2.24, 2.45) is 0 Å². The Balaban J connectivity index is 2.37. The van der Waals surface area contributed by atoms with Gasteiger partial charge in [0.2, 0.25) is 0 Å². The number of rotatable bonds is 4. The highest BCUT2D eigenvalue weighted by atomic mass is 35.5. The molecule has 0 fully saturated rings. The summed E-state index contributed by atoms with van der Waals surface area (Å²) in [6, 6.07) is 5.19. The van der Waals surface area contributed by atoms with Gasteiger partial charge < -0.3 is 9.72 Å². The first-order valence-corrected chi connectivity index (χ1v) is 7.93. The summed E-state index contributed by atoms with van der Waals surface area (Å²) in [4.78, 5) is 29.7. The van der Waals surface area contributed by atoms with E-state index in [1.165, 1.54) is 18.9 Å². The Kier molecular flexibility index (Phi) is 5.50. The first kappa shape index (κ1) is 16.9. The number of benzene rings is 1. The van der Waals surface area contributed by atoms with Crippen LogP contribution in [0.5, 0.6) is 0 Å². The highest BCUT2D eigenvalue weighted by Crippen LogP contribution is 2.32. The predicted octanol–water partition coefficient (Wildman–Crippen LogP) is 3.46. The fourth-order valence-electron chi connectivity index (χ4n) is 1.82. The number of aryl methyl sites for hydroxylation is 1. The zero-order valence-electron chi connectivity index (χ0n) is 11.8. The smallest absolute Gasteiger partial charge is 0.346 e. The van der Waals surface area contributed by atoms with E-state index in [9.17, 15) is 9.59 Å². The second-order valence-electron chi connectivity index (χ2n) is 4.33. The number of carbonyl (C=O) groups excluding carboxylic acids is 1. The largest absolute Gasteiger partial charge is 0.465 e. The van der Waals surface area contributed by atoms with E-state index in [0.29, 0.717) is 27.1 Å². The molecule has 8 heteroatoms. The molecule has 0 aliphatic rings. The zero-order chi connectivity index (χ0) is 16.3. The number of hydrogen-bond acceptors (Lipinski definition) is 5. The van der Waals surface area contributed by atoms with Gasteiger partial charge in [0.1, 0.15) is 10.6 Å². The first-order chi connectivity index (χ1) is 10.4. The van der Waals surface area contributed by atoms with Gasteiger partial charge in [-0.15, -0.1) is 11.8 Å². The number of aromatic amines is 1. The molecule has 0 saturated carbocycles. The molecule has 1 heterocycles. The van der Waals surface area contributed by atoms with Crippen LogP contribution in [0.2, 0.25) is 10.0 Å². The molecule has 0 amide bonds. The molecular weight excluding hydrogens is 347 g/mol. The second-order valence-corrected chi connectivity index (χ2v) is 6.11. The maximum atomic E-state index is 11.9. The third-order valence-corrected chi connectivity index (χ3v) is 4.60. The van der Waals surface area contributed by atoms with Crippen molar-refractivity contribution in [2.75, 3.05) is 7.11 Å². The van der Waals surface area contributed by atoms with Crippen LogP contribution < -0.4 is 5.69 Å². The molecule has 22 heavy (non-hydrogen) atoms. The van der Waals surface area contributed by atoms with Gasteiger partial charge >= 0.3 is 11.7 Å². The highest BCUT2D eigenvalue weighted by molar-refractivity contribution is 7.98. The van der Waals surface area contributed by atoms with Crippen molar-refractivity contribution in [3.05, 3.63) is 55.5 Å². The van der Waals surface area contributed by atoms with Gasteiger partial charge in [0, 0.05) is 21.5 Å². The molecule has 1 aromatic heterocycles. The molecule has 0 saturated heterocycles. The Morgan fingerprint density at radius 2 is 2.00 bits per heavy atom. The van der Waals surface area contributed by atoms with Crippen LogP contribution in [0.1, 0.15) is 21.6 Å². The van der Waals surface area contributed by atoms with Crippen LogP contribution in [0.25, 0.3) is 0 Å². The predicted molar refractivity (Wildman–Crippen MR) is 87.0 cm³/mol. The molecule has 1 N–H and O–H groups in total. The molecule has 0 radical (unpaired) electrons. The summed E-state index contributed by atoms with van der Waals surface area (Å²) in [6.07, 6.45) is 0. The van der Waals surface area contributed by atoms with Crippen LogP contribution in [0.3, 0.4) is 0 Å². The van der Waals surface area contributed by atoms with E-state index in [2.05, 4.69) is 9.97 Å². The Hall–Kier alpha value is -1.50. The summed E-state index contributed by atoms with van der Waals surface area (Å²) >= 11 is 13.4. The van der Waals surface area contributed by atoms with Crippen LogP contribution in [0.4, 0.5) is 0 Å². The van der Waals surface area contributed by atoms with Gasteiger partial charge in [-0.25, -0.2) is 9.59 Å². The fourth-order valence-corrected chi connectivity index (χ4v) is 3.63. The standard InChI is InChI=1S/C14H12Cl2N2O3S/c1-7-11(13(19)21-2)12(18-14(20)17-7)22-6-8-9(15)4-3-5-10(8)16/h3-5H,6H2,1-2H3,(H,17,18,20). The number of halogens is 2. The van der Waals surface area contributed by atoms with Gasteiger partial charge in [0.05, 0.1) is 7.11 Å². The Bertz CT molecular complexity index is 757. The second kappa shape index (κ2) is 7.17. The monoisotopic (exact) mass is 358 g/mol. The van der Waals surface area contributed by atoms with Crippen LogP contribution in [0, 0.1) is 6.92 Å². The van der Waals surface area contributed by atoms with Gasteiger partial charge in [-0.2, -0.15) is 4.98 Å². The summed E-state index contributed by atoms with van der Waals surface area (Å²) in [7, 11) is 1.27. The van der Waals surface area contributed by atoms with E-state index in [1.807, 2.05) is 0 Å². The quantitative estimate of drug-likeness (QED) is 0.514. The number of nitrogens with one attached hydrogen (secondary N) is 1. The number of esters is 1. The summed E-state index contributed by atoms with van der Waals surface area (Å²) in [5.74, 6) is -0.188. The van der Waals surface area contributed by atoms with Crippen LogP contribution >= 0.6 is 35.0 Å². The lowest BCUT2D eigenvalue weighted by atomic mass is 10.2. The minimum atomic E-state index is -0.561. The van der Waals surface area contributed by atoms with Crippen molar-refractivity contribution in [3.63, 3.8) is 0 Å². The average molecular weight is 359 g/mol. The van der Waals surface area contributed by atoms with E-state index < -0.39 is 11.7 Å². The van der Waals surface area contributed by atoms with E-state index in [1.54, 1.807) is 25.1 Å². The number of carbonyl (C=O) groups is 1. The van der Waals surface area contributed by atoms with E-state index in [0.717, 1.165) is 0 Å². The number of nitrogens with zero attached hydrogens (tertiary/aromatic N) is 1. The molecule has 0 atom stereocenters. The molecule has 0 unspecified atom stereocenters. The van der Waals surface area contributed by atoms with Crippen molar-refractivity contribution in [1.29, 1.82) is 0 Å². The van der Waals surface area contributed by atoms with Gasteiger partial charge in [0.15, 0.2) is 0 Å². The fraction of sp³-hybridized carbons (Fsp3) is 0.214. The number of H-pyrrole nitrogens is 1.